The first-order chi connectivity index (χ1) is 15.8. The van der Waals surface area contributed by atoms with E-state index in [9.17, 15) is 18.1 Å². The van der Waals surface area contributed by atoms with Crippen molar-refractivity contribution in [2.75, 3.05) is 4.72 Å². The van der Waals surface area contributed by atoms with Crippen LogP contribution in [0.3, 0.4) is 0 Å². The molecular formula is C22H16FN5O3S2. The molecule has 1 atom stereocenters. The topological polar surface area (TPSA) is 121 Å². The summed E-state index contributed by atoms with van der Waals surface area (Å²) < 4.78 is 45.2. The molecule has 0 fully saturated rings. The fourth-order valence-electron chi connectivity index (χ4n) is 2.82. The van der Waals surface area contributed by atoms with E-state index < -0.39 is 15.9 Å². The minimum Gasteiger partial charge on any atom is -0.360 e. The maximum atomic E-state index is 13.1. The van der Waals surface area contributed by atoms with Crippen molar-refractivity contribution in [1.29, 1.82) is 5.26 Å². The molecule has 1 unspecified atom stereocenters. The summed E-state index contributed by atoms with van der Waals surface area (Å²) in [6, 6.07) is 15.4. The molecule has 2 heterocycles. The van der Waals surface area contributed by atoms with Crippen LogP contribution in [0.2, 0.25) is 0 Å². The molecule has 2 aromatic heterocycles. The number of aliphatic imine (C=N–C) groups is 1. The van der Waals surface area contributed by atoms with E-state index in [-0.39, 0.29) is 16.5 Å². The van der Waals surface area contributed by atoms with Crippen LogP contribution in [0.1, 0.15) is 16.7 Å². The van der Waals surface area contributed by atoms with Gasteiger partial charge in [-0.25, -0.2) is 17.8 Å². The molecule has 1 N–H and O–H groups in total. The lowest BCUT2D eigenvalue weighted by atomic mass is 10.1. The predicted octanol–water partition coefficient (Wildman–Crippen LogP) is 5.06. The Morgan fingerprint density at radius 3 is 2.58 bits per heavy atom. The Morgan fingerprint density at radius 1 is 1.21 bits per heavy atom. The molecule has 0 bridgehead atoms. The molecule has 11 heteroatoms. The average molecular weight is 482 g/mol. The quantitative estimate of drug-likeness (QED) is 0.369. The summed E-state index contributed by atoms with van der Waals surface area (Å²) in [5.41, 5.74) is 1.87. The largest absolute Gasteiger partial charge is 0.360 e. The Kier molecular flexibility index (Phi) is 6.30. The van der Waals surface area contributed by atoms with Gasteiger partial charge in [-0.2, -0.15) is 5.26 Å². The molecule has 0 saturated carbocycles. The Hall–Kier alpha value is -3.88. The summed E-state index contributed by atoms with van der Waals surface area (Å²) in [7, 11) is -3.83. The van der Waals surface area contributed by atoms with Crippen molar-refractivity contribution in [2.24, 2.45) is 4.99 Å². The van der Waals surface area contributed by atoms with E-state index in [1.54, 1.807) is 24.4 Å². The molecule has 33 heavy (non-hydrogen) atoms. The molecule has 166 valence electrons. The highest BCUT2D eigenvalue weighted by atomic mass is 32.2. The zero-order chi connectivity index (χ0) is 23.4. The van der Waals surface area contributed by atoms with Crippen LogP contribution in [0.5, 0.6) is 0 Å². The summed E-state index contributed by atoms with van der Waals surface area (Å²) in [5, 5.41) is 15.5. The second-order valence-electron chi connectivity index (χ2n) is 6.89. The maximum absolute atomic E-state index is 13.1. The number of aromatic nitrogens is 2. The molecule has 4 rings (SSSR count). The Morgan fingerprint density at radius 2 is 1.94 bits per heavy atom. The highest BCUT2D eigenvalue weighted by Gasteiger charge is 2.17. The van der Waals surface area contributed by atoms with Gasteiger partial charge >= 0.3 is 0 Å². The van der Waals surface area contributed by atoms with Crippen LogP contribution in [-0.2, 0) is 10.0 Å². The Balaban J connectivity index is 1.47. The Labute approximate surface area is 193 Å². The van der Waals surface area contributed by atoms with E-state index in [0.29, 0.717) is 22.1 Å². The number of halogens is 1. The normalized spacial score (nSPS) is 12.5. The van der Waals surface area contributed by atoms with E-state index in [0.717, 1.165) is 5.56 Å². The number of anilines is 1. The lowest BCUT2D eigenvalue weighted by molar-refractivity contribution is 0.400. The van der Waals surface area contributed by atoms with Gasteiger partial charge < -0.3 is 4.52 Å². The zero-order valence-corrected chi connectivity index (χ0v) is 18.8. The van der Waals surface area contributed by atoms with Crippen molar-refractivity contribution >= 4 is 39.1 Å². The zero-order valence-electron chi connectivity index (χ0n) is 17.1. The number of sulfonamides is 1. The Bertz CT molecular complexity index is 1440. The number of nitrogens with zero attached hydrogens (tertiary/aromatic N) is 4. The molecule has 0 aliphatic carbocycles. The van der Waals surface area contributed by atoms with Gasteiger partial charge in [-0.15, -0.1) is 11.3 Å². The van der Waals surface area contributed by atoms with Gasteiger partial charge in [0.15, 0.2) is 5.82 Å². The molecule has 0 saturated heterocycles. The van der Waals surface area contributed by atoms with E-state index in [1.165, 1.54) is 60.0 Å². The van der Waals surface area contributed by atoms with Crippen molar-refractivity contribution in [3.8, 4) is 17.3 Å². The molecule has 0 amide bonds. The molecular weight excluding hydrogens is 465 g/mol. The van der Waals surface area contributed by atoms with E-state index in [1.807, 2.05) is 0 Å². The fourth-order valence-corrected chi connectivity index (χ4v) is 4.64. The third-order valence-corrected chi connectivity index (χ3v) is 6.75. The standard InChI is InChI=1S/C22H16FN5O3S2/c1-14-10-21(27-31-14)28-33(29,30)19-8-6-18(7-9-19)25-12-16(11-24)22-26-20(13-32-22)15-2-4-17(23)5-3-15/h2-10,12-13,16H,1H3,(H,27,28). The summed E-state index contributed by atoms with van der Waals surface area (Å²) in [6.07, 6.45) is 1.45. The number of nitriles is 1. The second kappa shape index (κ2) is 9.32. The van der Waals surface area contributed by atoms with Gasteiger partial charge in [-0.1, -0.05) is 5.16 Å². The number of thiazole rings is 1. The minimum atomic E-state index is -3.83. The summed E-state index contributed by atoms with van der Waals surface area (Å²) in [6.45, 7) is 1.65. The number of hydrogen-bond acceptors (Lipinski definition) is 8. The van der Waals surface area contributed by atoms with E-state index in [4.69, 9.17) is 4.52 Å². The molecule has 8 nitrogen and oxygen atoms in total. The number of benzene rings is 2. The van der Waals surface area contributed by atoms with Gasteiger partial charge in [-0.3, -0.25) is 9.71 Å². The maximum Gasteiger partial charge on any atom is 0.263 e. The monoisotopic (exact) mass is 481 g/mol. The summed E-state index contributed by atoms with van der Waals surface area (Å²) in [5.74, 6) is -0.451. The molecule has 0 aliphatic heterocycles. The van der Waals surface area contributed by atoms with Crippen LogP contribution < -0.4 is 4.72 Å². The van der Waals surface area contributed by atoms with Crippen molar-refractivity contribution in [3.05, 3.63) is 76.6 Å². The predicted molar refractivity (Wildman–Crippen MR) is 123 cm³/mol. The van der Waals surface area contributed by atoms with Crippen LogP contribution >= 0.6 is 11.3 Å². The van der Waals surface area contributed by atoms with E-state index >= 15 is 0 Å². The molecule has 4 aromatic rings. The second-order valence-corrected chi connectivity index (χ2v) is 9.46. The van der Waals surface area contributed by atoms with Crippen molar-refractivity contribution in [3.63, 3.8) is 0 Å². The van der Waals surface area contributed by atoms with Gasteiger partial charge in [-0.05, 0) is 55.5 Å². The molecule has 0 spiro atoms. The molecule has 0 aliphatic rings. The number of nitrogens with one attached hydrogen (secondary N) is 1. The SMILES string of the molecule is Cc1cc(NS(=O)(=O)c2ccc(N=CC(C#N)c3nc(-c4ccc(F)cc4)cs3)cc2)no1. The van der Waals surface area contributed by atoms with Crippen LogP contribution in [0.25, 0.3) is 11.3 Å². The van der Waals surface area contributed by atoms with Crippen LogP contribution in [0.4, 0.5) is 15.9 Å². The minimum absolute atomic E-state index is 0.0304. The number of hydrogen-bond donors (Lipinski definition) is 1. The third-order valence-electron chi connectivity index (χ3n) is 4.45. The van der Waals surface area contributed by atoms with Crippen LogP contribution in [0, 0.1) is 24.1 Å². The first-order valence-electron chi connectivity index (χ1n) is 9.55. The third kappa shape index (κ3) is 5.31. The molecule has 0 radical (unpaired) electrons. The summed E-state index contributed by atoms with van der Waals surface area (Å²) in [4.78, 5) is 8.78. The van der Waals surface area contributed by atoms with Gasteiger partial charge in [0.2, 0.25) is 0 Å². The van der Waals surface area contributed by atoms with Gasteiger partial charge in [0.1, 0.15) is 22.5 Å². The van der Waals surface area contributed by atoms with Crippen LogP contribution in [0.15, 0.2) is 74.4 Å². The van der Waals surface area contributed by atoms with Gasteiger partial charge in [0, 0.05) is 23.2 Å². The first-order valence-corrected chi connectivity index (χ1v) is 11.9. The number of rotatable bonds is 7. The lowest BCUT2D eigenvalue weighted by Crippen LogP contribution is -2.12. The smallest absolute Gasteiger partial charge is 0.263 e. The molecule has 2 aromatic carbocycles. The first kappa shape index (κ1) is 22.3. The van der Waals surface area contributed by atoms with E-state index in [2.05, 4.69) is 25.9 Å². The van der Waals surface area contributed by atoms with Gasteiger partial charge in [0.05, 0.1) is 22.3 Å². The van der Waals surface area contributed by atoms with Crippen molar-refractivity contribution in [2.45, 2.75) is 17.7 Å². The lowest BCUT2D eigenvalue weighted by Gasteiger charge is -2.05. The average Bonchev–Trinajstić information content (AvgIpc) is 3.44. The van der Waals surface area contributed by atoms with Crippen molar-refractivity contribution < 1.29 is 17.3 Å². The number of aryl methyl sites for hydroxylation is 1. The van der Waals surface area contributed by atoms with Gasteiger partial charge in [0.25, 0.3) is 10.0 Å². The summed E-state index contributed by atoms with van der Waals surface area (Å²) >= 11 is 1.31. The highest BCUT2D eigenvalue weighted by Crippen LogP contribution is 2.27. The highest BCUT2D eigenvalue weighted by molar-refractivity contribution is 7.92. The van der Waals surface area contributed by atoms with Crippen molar-refractivity contribution in [1.82, 2.24) is 10.1 Å². The fraction of sp³-hybridized carbons (Fsp3) is 0.0909. The van der Waals surface area contributed by atoms with Crippen LogP contribution in [-0.4, -0.2) is 24.8 Å².